The maximum absolute atomic E-state index is 11.4. The number of esters is 1. The number of nitrogens with two attached hydrogens (primary N) is 1. The number of carbonyl (C=O) groups is 1. The summed E-state index contributed by atoms with van der Waals surface area (Å²) in [5.74, 6) is 0.609. The largest absolute Gasteiger partial charge is 0.464 e. The lowest BCUT2D eigenvalue weighted by Crippen LogP contribution is -2.34. The van der Waals surface area contributed by atoms with Gasteiger partial charge in [0.15, 0.2) is 0 Å². The molecule has 2 N–H and O–H groups in total. The molecule has 0 rings (SSSR count). The molecule has 1 unspecified atom stereocenters. The Morgan fingerprint density at radius 1 is 1.33 bits per heavy atom. The summed E-state index contributed by atoms with van der Waals surface area (Å²) >= 11 is 0. The zero-order chi connectivity index (χ0) is 11.8. The zero-order valence-corrected chi connectivity index (χ0v) is 10.5. The maximum atomic E-state index is 11.4. The summed E-state index contributed by atoms with van der Waals surface area (Å²) in [4.78, 5) is 11.4. The summed E-state index contributed by atoms with van der Waals surface area (Å²) < 4.78 is 5.16. The first kappa shape index (κ1) is 14.4. The van der Waals surface area contributed by atoms with E-state index in [9.17, 15) is 4.79 Å². The van der Waals surface area contributed by atoms with E-state index < -0.39 is 6.04 Å². The fraction of sp³-hybridized carbons (Fsp3) is 0.917. The molecule has 15 heavy (non-hydrogen) atoms. The highest BCUT2D eigenvalue weighted by molar-refractivity contribution is 5.75. The van der Waals surface area contributed by atoms with Gasteiger partial charge < -0.3 is 10.5 Å². The average molecular weight is 215 g/mol. The van der Waals surface area contributed by atoms with Crippen LogP contribution in [-0.4, -0.2) is 18.6 Å². The van der Waals surface area contributed by atoms with Gasteiger partial charge in [0, 0.05) is 0 Å². The summed E-state index contributed by atoms with van der Waals surface area (Å²) in [5, 5.41) is 0. The summed E-state index contributed by atoms with van der Waals surface area (Å²) in [7, 11) is 0. The van der Waals surface area contributed by atoms with Crippen molar-refractivity contribution in [2.75, 3.05) is 6.61 Å². The van der Waals surface area contributed by atoms with Crippen molar-refractivity contribution in [1.82, 2.24) is 0 Å². The van der Waals surface area contributed by atoms with Gasteiger partial charge >= 0.3 is 5.97 Å². The van der Waals surface area contributed by atoms with E-state index in [1.165, 1.54) is 0 Å². The van der Waals surface area contributed by atoms with Crippen molar-refractivity contribution in [3.63, 3.8) is 0 Å². The minimum absolute atomic E-state index is 0.258. The Balaban J connectivity index is 3.72. The van der Waals surface area contributed by atoms with E-state index >= 15 is 0 Å². The first-order valence-corrected chi connectivity index (χ1v) is 5.89. The van der Waals surface area contributed by atoms with Crippen molar-refractivity contribution in [2.24, 2.45) is 17.6 Å². The molecule has 0 aromatic heterocycles. The fourth-order valence-corrected chi connectivity index (χ4v) is 1.51. The molecule has 3 nitrogen and oxygen atoms in total. The molecule has 0 radical (unpaired) electrons. The number of hydrogen-bond acceptors (Lipinski definition) is 3. The van der Waals surface area contributed by atoms with Crippen molar-refractivity contribution in [3.05, 3.63) is 0 Å². The van der Waals surface area contributed by atoms with Crippen LogP contribution >= 0.6 is 0 Å². The molecule has 0 saturated heterocycles. The molecular weight excluding hydrogens is 190 g/mol. The molecule has 0 aliphatic carbocycles. The van der Waals surface area contributed by atoms with Gasteiger partial charge in [-0.15, -0.1) is 0 Å². The Bertz CT molecular complexity index is 180. The number of rotatable bonds is 7. The standard InChI is InChI=1S/C12H25NO2/c1-5-6-10(4)8-15-12(14)11(13)7-9(2)3/h9-11H,5-8,13H2,1-4H3/t10?,11-/m0/s1. The Morgan fingerprint density at radius 3 is 2.40 bits per heavy atom. The van der Waals surface area contributed by atoms with E-state index in [1.54, 1.807) is 0 Å². The molecule has 0 aliphatic heterocycles. The molecule has 0 fully saturated rings. The molecule has 3 heteroatoms. The summed E-state index contributed by atoms with van der Waals surface area (Å²) in [6.45, 7) is 8.81. The molecule has 0 spiro atoms. The van der Waals surface area contributed by atoms with Gasteiger partial charge in [-0.05, 0) is 24.7 Å². The highest BCUT2D eigenvalue weighted by atomic mass is 16.5. The van der Waals surface area contributed by atoms with Crippen molar-refractivity contribution in [1.29, 1.82) is 0 Å². The van der Waals surface area contributed by atoms with Crippen LogP contribution in [0.5, 0.6) is 0 Å². The quantitative estimate of drug-likeness (QED) is 0.663. The Kier molecular flexibility index (Phi) is 7.39. The van der Waals surface area contributed by atoms with Gasteiger partial charge in [0.1, 0.15) is 6.04 Å². The lowest BCUT2D eigenvalue weighted by atomic mass is 10.0. The Morgan fingerprint density at radius 2 is 1.93 bits per heavy atom. The lowest BCUT2D eigenvalue weighted by Gasteiger charge is -2.15. The van der Waals surface area contributed by atoms with Gasteiger partial charge in [-0.2, -0.15) is 0 Å². The topological polar surface area (TPSA) is 52.3 Å². The molecule has 2 atom stereocenters. The number of hydrogen-bond donors (Lipinski definition) is 1. The Labute approximate surface area is 93.4 Å². The van der Waals surface area contributed by atoms with Crippen molar-refractivity contribution >= 4 is 5.97 Å². The van der Waals surface area contributed by atoms with E-state index in [4.69, 9.17) is 10.5 Å². The first-order chi connectivity index (χ1) is 6.97. The second-order valence-corrected chi connectivity index (χ2v) is 4.76. The summed E-state index contributed by atoms with van der Waals surface area (Å²) in [5.41, 5.74) is 5.70. The number of ether oxygens (including phenoxy) is 1. The van der Waals surface area contributed by atoms with Crippen molar-refractivity contribution in [2.45, 2.75) is 53.0 Å². The van der Waals surface area contributed by atoms with E-state index in [0.29, 0.717) is 24.9 Å². The second-order valence-electron chi connectivity index (χ2n) is 4.76. The van der Waals surface area contributed by atoms with Crippen LogP contribution in [0.4, 0.5) is 0 Å². The predicted octanol–water partition coefficient (Wildman–Crippen LogP) is 2.34. The van der Waals surface area contributed by atoms with Gasteiger partial charge in [-0.3, -0.25) is 4.79 Å². The highest BCUT2D eigenvalue weighted by Crippen LogP contribution is 2.08. The first-order valence-electron chi connectivity index (χ1n) is 5.89. The van der Waals surface area contributed by atoms with Gasteiger partial charge in [0.05, 0.1) is 6.61 Å². The van der Waals surface area contributed by atoms with E-state index in [0.717, 1.165) is 12.8 Å². The van der Waals surface area contributed by atoms with Crippen LogP contribution in [0.25, 0.3) is 0 Å². The van der Waals surface area contributed by atoms with Crippen LogP contribution in [0.2, 0.25) is 0 Å². The highest BCUT2D eigenvalue weighted by Gasteiger charge is 2.17. The van der Waals surface area contributed by atoms with E-state index in [2.05, 4.69) is 13.8 Å². The lowest BCUT2D eigenvalue weighted by molar-refractivity contribution is -0.146. The van der Waals surface area contributed by atoms with Crippen LogP contribution in [0, 0.1) is 11.8 Å². The normalized spacial score (nSPS) is 15.1. The third-order valence-electron chi connectivity index (χ3n) is 2.32. The monoisotopic (exact) mass is 215 g/mol. The molecule has 0 aromatic carbocycles. The molecule has 0 aromatic rings. The summed E-state index contributed by atoms with van der Waals surface area (Å²) in [6, 6.07) is -0.459. The van der Waals surface area contributed by atoms with Crippen LogP contribution in [0.15, 0.2) is 0 Å². The third kappa shape index (κ3) is 7.37. The molecular formula is C12H25NO2. The second kappa shape index (κ2) is 7.69. The van der Waals surface area contributed by atoms with Gasteiger partial charge in [0.25, 0.3) is 0 Å². The smallest absolute Gasteiger partial charge is 0.322 e. The van der Waals surface area contributed by atoms with Gasteiger partial charge in [-0.25, -0.2) is 0 Å². The zero-order valence-electron chi connectivity index (χ0n) is 10.5. The van der Waals surface area contributed by atoms with Crippen LogP contribution in [-0.2, 0) is 9.53 Å². The van der Waals surface area contributed by atoms with Gasteiger partial charge in [0.2, 0.25) is 0 Å². The van der Waals surface area contributed by atoms with Crippen molar-refractivity contribution in [3.8, 4) is 0 Å². The SMILES string of the molecule is CCCC(C)COC(=O)[C@@H](N)CC(C)C. The minimum Gasteiger partial charge on any atom is -0.464 e. The number of carbonyl (C=O) groups excluding carboxylic acids is 1. The average Bonchev–Trinajstić information content (AvgIpc) is 2.13. The third-order valence-corrected chi connectivity index (χ3v) is 2.32. The minimum atomic E-state index is -0.459. The molecule has 0 amide bonds. The van der Waals surface area contributed by atoms with Crippen LogP contribution < -0.4 is 5.73 Å². The van der Waals surface area contributed by atoms with Crippen LogP contribution in [0.1, 0.15) is 47.0 Å². The van der Waals surface area contributed by atoms with E-state index in [-0.39, 0.29) is 5.97 Å². The molecule has 0 saturated carbocycles. The predicted molar refractivity (Wildman–Crippen MR) is 62.5 cm³/mol. The molecule has 90 valence electrons. The van der Waals surface area contributed by atoms with Crippen molar-refractivity contribution < 1.29 is 9.53 Å². The van der Waals surface area contributed by atoms with Crippen LogP contribution in [0.3, 0.4) is 0 Å². The molecule has 0 aliphatic rings. The molecule has 0 heterocycles. The Hall–Kier alpha value is -0.570. The van der Waals surface area contributed by atoms with Gasteiger partial charge in [-0.1, -0.05) is 34.1 Å². The fourth-order valence-electron chi connectivity index (χ4n) is 1.51. The summed E-state index contributed by atoms with van der Waals surface area (Å²) in [6.07, 6.45) is 2.91. The molecule has 0 bridgehead atoms. The maximum Gasteiger partial charge on any atom is 0.322 e. The van der Waals surface area contributed by atoms with E-state index in [1.807, 2.05) is 13.8 Å².